The Bertz CT molecular complexity index is 927. The third kappa shape index (κ3) is 4.12. The number of benzene rings is 1. The van der Waals surface area contributed by atoms with E-state index in [9.17, 15) is 4.79 Å². The van der Waals surface area contributed by atoms with E-state index in [1.54, 1.807) is 35.6 Å². The van der Waals surface area contributed by atoms with E-state index in [4.69, 9.17) is 5.26 Å². The second kappa shape index (κ2) is 8.65. The highest BCUT2D eigenvalue weighted by Crippen LogP contribution is 2.27. The van der Waals surface area contributed by atoms with Crippen LogP contribution in [0.4, 0.5) is 5.69 Å². The summed E-state index contributed by atoms with van der Waals surface area (Å²) in [4.78, 5) is 13.2. The summed E-state index contributed by atoms with van der Waals surface area (Å²) in [6, 6.07) is 13.1. The van der Waals surface area contributed by atoms with Crippen LogP contribution in [0.3, 0.4) is 0 Å². The highest BCUT2D eigenvalue weighted by atomic mass is 32.2. The quantitative estimate of drug-likeness (QED) is 0.623. The summed E-state index contributed by atoms with van der Waals surface area (Å²) in [6.07, 6.45) is 0.329. The van der Waals surface area contributed by atoms with Gasteiger partial charge in [-0.15, -0.1) is 21.5 Å². The van der Waals surface area contributed by atoms with Crippen LogP contribution in [-0.2, 0) is 11.3 Å². The minimum atomic E-state index is -0.124. The minimum Gasteiger partial charge on any atom is -0.325 e. The molecule has 0 spiro atoms. The number of hydrogen-bond donors (Lipinski definition) is 1. The molecule has 1 N–H and O–H groups in total. The average Bonchev–Trinajstić information content (AvgIpc) is 3.31. The van der Waals surface area contributed by atoms with E-state index in [1.165, 1.54) is 11.8 Å². The average molecular weight is 384 g/mol. The van der Waals surface area contributed by atoms with Gasteiger partial charge < -0.3 is 9.88 Å². The van der Waals surface area contributed by atoms with E-state index in [1.807, 2.05) is 17.5 Å². The third-order valence-corrected chi connectivity index (χ3v) is 5.49. The van der Waals surface area contributed by atoms with Gasteiger partial charge in [-0.3, -0.25) is 4.79 Å². The van der Waals surface area contributed by atoms with Crippen LogP contribution in [0, 0.1) is 11.3 Å². The lowest BCUT2D eigenvalue weighted by molar-refractivity contribution is -0.115. The highest BCUT2D eigenvalue weighted by Gasteiger charge is 2.14. The van der Waals surface area contributed by atoms with Crippen molar-refractivity contribution in [2.75, 3.05) is 11.1 Å². The highest BCUT2D eigenvalue weighted by molar-refractivity contribution is 7.99. The number of thiophene rings is 1. The summed E-state index contributed by atoms with van der Waals surface area (Å²) in [5, 5.41) is 23.2. The van der Waals surface area contributed by atoms with Gasteiger partial charge in [0, 0.05) is 18.7 Å². The number of nitrogens with zero attached hydrogens (tertiary/aromatic N) is 4. The lowest BCUT2D eigenvalue weighted by atomic mass is 10.2. The smallest absolute Gasteiger partial charge is 0.225 e. The number of nitriles is 1. The Morgan fingerprint density at radius 1 is 1.31 bits per heavy atom. The predicted octanol–water partition coefficient (Wildman–Crippen LogP) is 4.02. The molecule has 132 valence electrons. The Morgan fingerprint density at radius 2 is 2.15 bits per heavy atom. The third-order valence-electron chi connectivity index (χ3n) is 3.66. The van der Waals surface area contributed by atoms with Crippen molar-refractivity contribution >= 4 is 34.7 Å². The van der Waals surface area contributed by atoms with Crippen molar-refractivity contribution in [3.63, 3.8) is 0 Å². The van der Waals surface area contributed by atoms with Gasteiger partial charge in [-0.05, 0) is 30.5 Å². The Balaban J connectivity index is 1.58. The molecular formula is C18H17N5OS2. The fourth-order valence-electron chi connectivity index (χ4n) is 2.41. The fourth-order valence-corrected chi connectivity index (χ4v) is 4.06. The molecule has 0 atom stereocenters. The first-order chi connectivity index (χ1) is 12.7. The number of carbonyl (C=O) groups excluding carboxylic acids is 1. The van der Waals surface area contributed by atoms with Gasteiger partial charge in [-0.25, -0.2) is 0 Å². The Kier molecular flexibility index (Phi) is 6.04. The van der Waals surface area contributed by atoms with E-state index in [0.29, 0.717) is 23.4 Å². The molecule has 1 amide bonds. The molecule has 0 aliphatic heterocycles. The molecule has 0 fully saturated rings. The van der Waals surface area contributed by atoms with Crippen molar-refractivity contribution in [1.29, 1.82) is 5.26 Å². The molecule has 26 heavy (non-hydrogen) atoms. The van der Waals surface area contributed by atoms with Crippen LogP contribution in [0.5, 0.6) is 0 Å². The molecule has 0 aliphatic rings. The molecule has 0 aliphatic carbocycles. The number of hydrogen-bond acceptors (Lipinski definition) is 6. The maximum atomic E-state index is 12.1. The maximum absolute atomic E-state index is 12.1. The molecule has 0 saturated carbocycles. The number of rotatable bonds is 7. The molecule has 1 aromatic carbocycles. The molecule has 2 aromatic heterocycles. The normalized spacial score (nSPS) is 10.5. The number of nitrogens with one attached hydrogen (secondary N) is 1. The van der Waals surface area contributed by atoms with Crippen molar-refractivity contribution in [3.8, 4) is 16.8 Å². The van der Waals surface area contributed by atoms with Gasteiger partial charge in [0.15, 0.2) is 11.0 Å². The fraction of sp³-hybridized carbons (Fsp3) is 0.222. The summed E-state index contributed by atoms with van der Waals surface area (Å²) in [6.45, 7) is 2.82. The van der Waals surface area contributed by atoms with Crippen LogP contribution in [0.15, 0.2) is 46.9 Å². The molecule has 3 aromatic rings. The van der Waals surface area contributed by atoms with Crippen LogP contribution in [-0.4, -0.2) is 26.4 Å². The topological polar surface area (TPSA) is 83.6 Å². The Hall–Kier alpha value is -2.63. The minimum absolute atomic E-state index is 0.124. The summed E-state index contributed by atoms with van der Waals surface area (Å²) in [5.74, 6) is 1.32. The summed E-state index contributed by atoms with van der Waals surface area (Å²) < 4.78 is 2.05. The van der Waals surface area contributed by atoms with Gasteiger partial charge in [0.05, 0.1) is 16.1 Å². The zero-order valence-corrected chi connectivity index (χ0v) is 15.8. The first-order valence-electron chi connectivity index (χ1n) is 8.11. The molecule has 0 unspecified atom stereocenters. The molecule has 6 nitrogen and oxygen atoms in total. The van der Waals surface area contributed by atoms with Gasteiger partial charge in [0.2, 0.25) is 5.91 Å². The Morgan fingerprint density at radius 3 is 2.88 bits per heavy atom. The van der Waals surface area contributed by atoms with E-state index in [-0.39, 0.29) is 5.91 Å². The molecule has 0 bridgehead atoms. The molecule has 2 heterocycles. The summed E-state index contributed by atoms with van der Waals surface area (Å²) in [7, 11) is 0. The van der Waals surface area contributed by atoms with Crippen LogP contribution in [0.2, 0.25) is 0 Å². The number of carbonyl (C=O) groups is 1. The molecular weight excluding hydrogens is 366 g/mol. The van der Waals surface area contributed by atoms with Crippen molar-refractivity contribution in [1.82, 2.24) is 14.8 Å². The molecule has 0 radical (unpaired) electrons. The predicted molar refractivity (Wildman–Crippen MR) is 104 cm³/mol. The number of amides is 1. The summed E-state index contributed by atoms with van der Waals surface area (Å²) >= 11 is 3.14. The number of aromatic nitrogens is 3. The standard InChI is InChI=1S/C18H17N5OS2/c1-2-23-17(15-8-5-10-25-15)21-22-18(23)26-11-9-16(24)20-14-7-4-3-6-13(14)12-19/h3-8,10H,2,9,11H2,1H3,(H,20,24). The second-order valence-electron chi connectivity index (χ2n) is 5.33. The first kappa shape index (κ1) is 18.2. The monoisotopic (exact) mass is 383 g/mol. The molecule has 3 rings (SSSR count). The van der Waals surface area contributed by atoms with E-state index >= 15 is 0 Å². The van der Waals surface area contributed by atoms with Gasteiger partial charge in [0.25, 0.3) is 0 Å². The van der Waals surface area contributed by atoms with Crippen LogP contribution in [0.25, 0.3) is 10.7 Å². The van der Waals surface area contributed by atoms with Crippen LogP contribution in [0.1, 0.15) is 18.9 Å². The number of para-hydroxylation sites is 1. The van der Waals surface area contributed by atoms with E-state index < -0.39 is 0 Å². The second-order valence-corrected chi connectivity index (χ2v) is 7.34. The largest absolute Gasteiger partial charge is 0.325 e. The van der Waals surface area contributed by atoms with Gasteiger partial charge in [-0.1, -0.05) is 30.0 Å². The molecule has 8 heteroatoms. The van der Waals surface area contributed by atoms with Crippen LogP contribution >= 0.6 is 23.1 Å². The maximum Gasteiger partial charge on any atom is 0.225 e. The first-order valence-corrected chi connectivity index (χ1v) is 9.98. The van der Waals surface area contributed by atoms with Gasteiger partial charge in [-0.2, -0.15) is 5.26 Å². The van der Waals surface area contributed by atoms with E-state index in [2.05, 4.69) is 33.1 Å². The van der Waals surface area contributed by atoms with Crippen molar-refractivity contribution in [3.05, 3.63) is 47.3 Å². The SMILES string of the molecule is CCn1c(SCCC(=O)Nc2ccccc2C#N)nnc1-c1cccs1. The van der Waals surface area contributed by atoms with Crippen molar-refractivity contribution < 1.29 is 4.79 Å². The van der Waals surface area contributed by atoms with Crippen molar-refractivity contribution in [2.24, 2.45) is 0 Å². The van der Waals surface area contributed by atoms with Gasteiger partial charge >= 0.3 is 0 Å². The zero-order chi connectivity index (χ0) is 18.4. The summed E-state index contributed by atoms with van der Waals surface area (Å²) in [5.41, 5.74) is 1.00. The lowest BCUT2D eigenvalue weighted by Crippen LogP contribution is -2.13. The number of thioether (sulfide) groups is 1. The van der Waals surface area contributed by atoms with Crippen LogP contribution < -0.4 is 5.32 Å². The van der Waals surface area contributed by atoms with Crippen molar-refractivity contribution in [2.45, 2.75) is 25.0 Å². The van der Waals surface area contributed by atoms with Gasteiger partial charge in [0.1, 0.15) is 6.07 Å². The van der Waals surface area contributed by atoms with E-state index in [0.717, 1.165) is 22.4 Å². The Labute approximate surface area is 159 Å². The lowest BCUT2D eigenvalue weighted by Gasteiger charge is -2.07. The zero-order valence-electron chi connectivity index (χ0n) is 14.2. The molecule has 0 saturated heterocycles. The number of anilines is 1.